The predicted molar refractivity (Wildman–Crippen MR) is 97.7 cm³/mol. The Balaban J connectivity index is 1.33. The molecule has 3 aliphatic rings. The molecule has 2 amide bonds. The molecule has 3 aliphatic heterocycles. The summed E-state index contributed by atoms with van der Waals surface area (Å²) in [5, 5.41) is 3.25. The third-order valence-corrected chi connectivity index (χ3v) is 6.04. The van der Waals surface area contributed by atoms with E-state index in [4.69, 9.17) is 4.74 Å². The fraction of sp³-hybridized carbons (Fsp3) is 0.600. The van der Waals surface area contributed by atoms with E-state index in [1.54, 1.807) is 0 Å². The first-order valence-corrected chi connectivity index (χ1v) is 9.60. The zero-order valence-corrected chi connectivity index (χ0v) is 15.2. The van der Waals surface area contributed by atoms with Gasteiger partial charge in [-0.2, -0.15) is 0 Å². The van der Waals surface area contributed by atoms with Crippen molar-refractivity contribution in [3.05, 3.63) is 35.9 Å². The number of benzene rings is 1. The third-order valence-electron chi connectivity index (χ3n) is 6.04. The molecular weight excluding hydrogens is 330 g/mol. The molecule has 0 unspecified atom stereocenters. The summed E-state index contributed by atoms with van der Waals surface area (Å²) in [4.78, 5) is 29.2. The Hall–Kier alpha value is -1.92. The maximum atomic E-state index is 12.6. The van der Waals surface area contributed by atoms with Crippen LogP contribution in [0.4, 0.5) is 0 Å². The van der Waals surface area contributed by atoms with Crippen LogP contribution in [0.2, 0.25) is 0 Å². The lowest BCUT2D eigenvalue weighted by molar-refractivity contribution is -0.135. The Labute approximate surface area is 154 Å². The molecule has 0 saturated carbocycles. The second kappa shape index (κ2) is 7.37. The number of nitrogens with one attached hydrogen (secondary N) is 1. The lowest BCUT2D eigenvalue weighted by Crippen LogP contribution is -2.54. The van der Waals surface area contributed by atoms with Crippen LogP contribution in [0.5, 0.6) is 0 Å². The Kier molecular flexibility index (Phi) is 4.96. The highest BCUT2D eigenvalue weighted by Gasteiger charge is 2.46. The minimum atomic E-state index is -0.146. The van der Waals surface area contributed by atoms with Gasteiger partial charge in [0.2, 0.25) is 11.8 Å². The van der Waals surface area contributed by atoms with Crippen LogP contribution in [-0.2, 0) is 14.3 Å². The minimum absolute atomic E-state index is 0.0631. The van der Waals surface area contributed by atoms with E-state index >= 15 is 0 Å². The molecule has 26 heavy (non-hydrogen) atoms. The quantitative estimate of drug-likeness (QED) is 0.876. The Morgan fingerprint density at radius 1 is 1.12 bits per heavy atom. The smallest absolute Gasteiger partial charge is 0.236 e. The van der Waals surface area contributed by atoms with Crippen LogP contribution in [-0.4, -0.2) is 73.1 Å². The molecule has 6 nitrogen and oxygen atoms in total. The number of morpholine rings is 1. The Morgan fingerprint density at radius 3 is 2.50 bits per heavy atom. The summed E-state index contributed by atoms with van der Waals surface area (Å²) in [6.07, 6.45) is 2.52. The highest BCUT2D eigenvalue weighted by atomic mass is 16.5. The van der Waals surface area contributed by atoms with E-state index in [-0.39, 0.29) is 23.3 Å². The highest BCUT2D eigenvalue weighted by molar-refractivity contribution is 5.87. The van der Waals surface area contributed by atoms with Crippen LogP contribution >= 0.6 is 0 Å². The molecule has 3 heterocycles. The monoisotopic (exact) mass is 357 g/mol. The van der Waals surface area contributed by atoms with E-state index in [0.29, 0.717) is 19.8 Å². The number of amides is 2. The van der Waals surface area contributed by atoms with E-state index in [9.17, 15) is 9.59 Å². The summed E-state index contributed by atoms with van der Waals surface area (Å²) in [7, 11) is 0. The van der Waals surface area contributed by atoms with Gasteiger partial charge in [-0.3, -0.25) is 14.5 Å². The van der Waals surface area contributed by atoms with E-state index in [2.05, 4.69) is 10.2 Å². The summed E-state index contributed by atoms with van der Waals surface area (Å²) in [6, 6.07) is 10.0. The van der Waals surface area contributed by atoms with Gasteiger partial charge in [-0.05, 0) is 24.8 Å². The first kappa shape index (κ1) is 17.5. The Bertz CT molecular complexity index is 650. The van der Waals surface area contributed by atoms with Gasteiger partial charge in [0.05, 0.1) is 25.7 Å². The van der Waals surface area contributed by atoms with Crippen molar-refractivity contribution in [3.8, 4) is 0 Å². The molecule has 140 valence electrons. The van der Waals surface area contributed by atoms with Crippen molar-refractivity contribution in [1.29, 1.82) is 0 Å². The topological polar surface area (TPSA) is 61.9 Å². The number of likely N-dealkylation sites (tertiary alicyclic amines) is 1. The first-order chi connectivity index (χ1) is 12.7. The molecule has 1 aromatic rings. The lowest BCUT2D eigenvalue weighted by Gasteiger charge is -2.40. The predicted octanol–water partition coefficient (Wildman–Crippen LogP) is 0.984. The Morgan fingerprint density at radius 2 is 1.81 bits per heavy atom. The third kappa shape index (κ3) is 3.62. The zero-order valence-electron chi connectivity index (χ0n) is 15.2. The van der Waals surface area contributed by atoms with Crippen molar-refractivity contribution >= 4 is 11.8 Å². The van der Waals surface area contributed by atoms with Gasteiger partial charge in [-0.1, -0.05) is 30.3 Å². The van der Waals surface area contributed by atoms with Crippen LogP contribution in [0.15, 0.2) is 30.3 Å². The molecule has 1 spiro atoms. The average molecular weight is 357 g/mol. The van der Waals surface area contributed by atoms with Crippen LogP contribution < -0.4 is 5.32 Å². The van der Waals surface area contributed by atoms with Crippen molar-refractivity contribution in [2.45, 2.75) is 30.7 Å². The average Bonchev–Trinajstić information content (AvgIpc) is 2.99. The molecule has 3 fully saturated rings. The molecule has 1 aromatic carbocycles. The number of piperidine rings is 1. The zero-order chi connectivity index (χ0) is 18.0. The van der Waals surface area contributed by atoms with Crippen LogP contribution in [0.25, 0.3) is 0 Å². The number of ether oxygens (including phenoxy) is 1. The summed E-state index contributed by atoms with van der Waals surface area (Å²) < 4.78 is 5.34. The molecule has 4 rings (SSSR count). The summed E-state index contributed by atoms with van der Waals surface area (Å²) >= 11 is 0. The van der Waals surface area contributed by atoms with Crippen molar-refractivity contribution in [3.63, 3.8) is 0 Å². The highest BCUT2D eigenvalue weighted by Crippen LogP contribution is 2.39. The van der Waals surface area contributed by atoms with Crippen LogP contribution in [0.1, 0.15) is 30.7 Å². The fourth-order valence-corrected chi connectivity index (χ4v) is 4.40. The number of nitrogens with zero attached hydrogens (tertiary/aromatic N) is 2. The molecule has 1 atom stereocenters. The summed E-state index contributed by atoms with van der Waals surface area (Å²) in [5.41, 5.74) is 0.945. The van der Waals surface area contributed by atoms with Gasteiger partial charge in [-0.15, -0.1) is 0 Å². The number of carbonyl (C=O) groups is 2. The summed E-state index contributed by atoms with van der Waals surface area (Å²) in [5.74, 6) is 0.266. The van der Waals surface area contributed by atoms with Gasteiger partial charge in [0.15, 0.2) is 0 Å². The van der Waals surface area contributed by atoms with E-state index in [1.807, 2.05) is 35.2 Å². The molecule has 0 bridgehead atoms. The molecule has 3 saturated heterocycles. The van der Waals surface area contributed by atoms with Crippen molar-refractivity contribution < 1.29 is 14.3 Å². The van der Waals surface area contributed by atoms with Gasteiger partial charge < -0.3 is 15.0 Å². The number of rotatable bonds is 3. The maximum absolute atomic E-state index is 12.6. The van der Waals surface area contributed by atoms with Crippen molar-refractivity contribution in [1.82, 2.24) is 15.1 Å². The van der Waals surface area contributed by atoms with Crippen molar-refractivity contribution in [2.75, 3.05) is 45.9 Å². The summed E-state index contributed by atoms with van der Waals surface area (Å²) in [6.45, 7) is 5.02. The van der Waals surface area contributed by atoms with E-state index < -0.39 is 0 Å². The standard InChI is InChI=1S/C20H27N3O3/c24-18(15-22-10-12-26-13-11-22)23-8-6-20(7-9-23)14-17(19(25)21-20)16-4-2-1-3-5-16/h1-5,17H,6-15H2,(H,21,25)/t17-/m1/s1. The normalized spacial score (nSPS) is 26.1. The first-order valence-electron chi connectivity index (χ1n) is 9.60. The van der Waals surface area contributed by atoms with Crippen molar-refractivity contribution in [2.24, 2.45) is 0 Å². The second-order valence-corrected chi connectivity index (χ2v) is 7.71. The van der Waals surface area contributed by atoms with E-state index in [0.717, 1.165) is 51.0 Å². The minimum Gasteiger partial charge on any atom is -0.379 e. The van der Waals surface area contributed by atoms with Gasteiger partial charge in [0, 0.05) is 31.7 Å². The molecule has 1 N–H and O–H groups in total. The molecule has 6 heteroatoms. The molecular formula is C20H27N3O3. The maximum Gasteiger partial charge on any atom is 0.236 e. The lowest BCUT2D eigenvalue weighted by atomic mass is 9.82. The van der Waals surface area contributed by atoms with Gasteiger partial charge in [0.1, 0.15) is 0 Å². The number of hydrogen-bond donors (Lipinski definition) is 1. The number of hydrogen-bond acceptors (Lipinski definition) is 4. The SMILES string of the molecule is O=C1NC2(CCN(C(=O)CN3CCOCC3)CC2)C[C@@H]1c1ccccc1. The van der Waals surface area contributed by atoms with Crippen LogP contribution in [0.3, 0.4) is 0 Å². The van der Waals surface area contributed by atoms with Crippen LogP contribution in [0, 0.1) is 0 Å². The molecule has 0 aliphatic carbocycles. The van der Waals surface area contributed by atoms with Gasteiger partial charge in [0.25, 0.3) is 0 Å². The second-order valence-electron chi connectivity index (χ2n) is 7.71. The van der Waals surface area contributed by atoms with E-state index in [1.165, 1.54) is 0 Å². The van der Waals surface area contributed by atoms with Gasteiger partial charge >= 0.3 is 0 Å². The fourth-order valence-electron chi connectivity index (χ4n) is 4.40. The largest absolute Gasteiger partial charge is 0.379 e. The van der Waals surface area contributed by atoms with Gasteiger partial charge in [-0.25, -0.2) is 0 Å². The number of carbonyl (C=O) groups excluding carboxylic acids is 2. The molecule has 0 radical (unpaired) electrons. The molecule has 0 aromatic heterocycles.